The number of nitrogens with two attached hydrogens (primary N) is 4. The minimum absolute atomic E-state index is 0.0131. The van der Waals surface area contributed by atoms with Crippen molar-refractivity contribution in [2.75, 3.05) is 39.3 Å². The van der Waals surface area contributed by atoms with Crippen molar-refractivity contribution >= 4 is 64.7 Å². The molecule has 87 heavy (non-hydrogen) atoms. The minimum Gasteiger partial charge on any atom is -0.462 e. The molecule has 12 atom stereocenters. The van der Waals surface area contributed by atoms with Gasteiger partial charge in [-0.1, -0.05) is 63.9 Å². The van der Waals surface area contributed by atoms with E-state index in [2.05, 4.69) is 42.5 Å². The lowest BCUT2D eigenvalue weighted by Gasteiger charge is -2.28. The van der Waals surface area contributed by atoms with Crippen molar-refractivity contribution in [3.63, 3.8) is 0 Å². The van der Waals surface area contributed by atoms with Crippen LogP contribution in [0.15, 0.2) is 30.3 Å². The fourth-order valence-electron chi connectivity index (χ4n) is 10.8. The third-order valence-corrected chi connectivity index (χ3v) is 15.8. The Kier molecular flexibility index (Phi) is 34.7. The first-order chi connectivity index (χ1) is 41.4. The molecule has 1 saturated carbocycles. The fourth-order valence-corrected chi connectivity index (χ4v) is 10.8. The van der Waals surface area contributed by atoms with Crippen LogP contribution in [0.25, 0.3) is 0 Å². The molecule has 1 aromatic carbocycles. The quantitative estimate of drug-likeness (QED) is 0.0428. The van der Waals surface area contributed by atoms with Crippen LogP contribution in [0.1, 0.15) is 156 Å². The summed E-state index contributed by atoms with van der Waals surface area (Å²) in [5.74, 6) is -10.7. The Balaban J connectivity index is 1.99. The van der Waals surface area contributed by atoms with Gasteiger partial charge in [0.25, 0.3) is 0 Å². The molecule has 0 spiro atoms. The number of aliphatic hydroxyl groups is 2. The second-order valence-corrected chi connectivity index (χ2v) is 23.7. The highest BCUT2D eigenvalue weighted by atomic mass is 16.5. The number of ether oxygens (including phenoxy) is 1. The van der Waals surface area contributed by atoms with Gasteiger partial charge in [0.1, 0.15) is 24.2 Å². The molecule has 0 aromatic heterocycles. The van der Waals surface area contributed by atoms with Gasteiger partial charge in [0.2, 0.25) is 41.4 Å². The molecule has 2 fully saturated rings. The van der Waals surface area contributed by atoms with Gasteiger partial charge in [0, 0.05) is 44.6 Å². The van der Waals surface area contributed by atoms with E-state index >= 15 is 0 Å². The first-order valence-electron chi connectivity index (χ1n) is 31.2. The number of hydrogen-bond acceptors (Lipinski definition) is 19. The zero-order chi connectivity index (χ0) is 64.6. The lowest BCUT2D eigenvalue weighted by molar-refractivity contribution is -0.151. The Bertz CT molecular complexity index is 2370. The molecule has 3 rings (SSSR count). The molecule has 1 saturated heterocycles. The summed E-state index contributed by atoms with van der Waals surface area (Å²) in [6.45, 7) is 7.62. The maximum atomic E-state index is 14.5. The SMILES string of the molecule is CCC[C@H](NC(=O)CCC(=O)OC1CCCCC1)C(=O)C[C@H](C(=O)N[C@@H](CCN)C(=O)C[C@H]1CCNC(=O)[C@H](C(C)O)NC(=O)[C@H](CCN)CC(=O)[C@H](CCN)NC(=O)[C@H](CC(C)C)NC(=O)[C@@H](Cc2ccccc2)NC(=O)[C@H](CCN)NC1)C(C)O. The summed E-state index contributed by atoms with van der Waals surface area (Å²) in [7, 11) is 0. The van der Waals surface area contributed by atoms with Gasteiger partial charge in [0.05, 0.1) is 48.7 Å². The Morgan fingerprint density at radius 2 is 1.28 bits per heavy atom. The molecule has 1 aromatic rings. The van der Waals surface area contributed by atoms with Crippen LogP contribution in [0.4, 0.5) is 0 Å². The summed E-state index contributed by atoms with van der Waals surface area (Å²) in [6.07, 6.45) is 0.512. The number of esters is 1. The van der Waals surface area contributed by atoms with Gasteiger partial charge in [-0.2, -0.15) is 0 Å². The van der Waals surface area contributed by atoms with Crippen LogP contribution in [0, 0.1) is 23.7 Å². The first kappa shape index (κ1) is 75.0. The van der Waals surface area contributed by atoms with Crippen molar-refractivity contribution in [2.24, 2.45) is 46.6 Å². The number of carbonyl (C=O) groups excluding carboxylic acids is 11. The Hall–Kier alpha value is -6.29. The van der Waals surface area contributed by atoms with E-state index in [4.69, 9.17) is 27.7 Å². The number of aliphatic hydroxyl groups excluding tert-OH is 2. The normalized spacial score (nSPS) is 23.7. The van der Waals surface area contributed by atoms with Gasteiger partial charge in [-0.3, -0.25) is 52.7 Å². The summed E-state index contributed by atoms with van der Waals surface area (Å²) >= 11 is 0. The van der Waals surface area contributed by atoms with Crippen molar-refractivity contribution < 1.29 is 67.7 Å². The topological polar surface area (TPSA) is 438 Å². The average molecular weight is 1230 g/mol. The van der Waals surface area contributed by atoms with Gasteiger partial charge in [-0.25, -0.2) is 0 Å². The third-order valence-electron chi connectivity index (χ3n) is 15.8. The highest BCUT2D eigenvalue weighted by molar-refractivity contribution is 5.98. The molecule has 490 valence electrons. The van der Waals surface area contributed by atoms with Crippen LogP contribution >= 0.6 is 0 Å². The predicted octanol–water partition coefficient (Wildman–Crippen LogP) is -0.999. The van der Waals surface area contributed by atoms with Crippen LogP contribution in [0.2, 0.25) is 0 Å². The number of hydrogen-bond donors (Lipinski definition) is 14. The number of nitrogens with one attached hydrogen (secondary N) is 8. The van der Waals surface area contributed by atoms with Gasteiger partial charge in [0.15, 0.2) is 17.3 Å². The first-order valence-corrected chi connectivity index (χ1v) is 31.2. The molecule has 2 unspecified atom stereocenters. The van der Waals surface area contributed by atoms with Crippen LogP contribution in [0.3, 0.4) is 0 Å². The van der Waals surface area contributed by atoms with Crippen LogP contribution in [-0.4, -0.2) is 175 Å². The molecule has 7 amide bonds. The average Bonchev–Trinajstić information content (AvgIpc) is 3.47. The number of benzene rings is 1. The second-order valence-electron chi connectivity index (χ2n) is 23.7. The molecule has 1 heterocycles. The monoisotopic (exact) mass is 1230 g/mol. The maximum absolute atomic E-state index is 14.5. The molecule has 1 aliphatic carbocycles. The van der Waals surface area contributed by atoms with E-state index in [0.29, 0.717) is 12.0 Å². The molecule has 0 radical (unpaired) electrons. The van der Waals surface area contributed by atoms with E-state index < -0.39 is 150 Å². The molecule has 18 N–H and O–H groups in total. The van der Waals surface area contributed by atoms with Crippen molar-refractivity contribution in [2.45, 2.75) is 217 Å². The summed E-state index contributed by atoms with van der Waals surface area (Å²) in [5, 5.41) is 43.9. The van der Waals surface area contributed by atoms with Crippen LogP contribution < -0.4 is 65.5 Å². The molecular formula is C61H102N12O14. The molecule has 1 aliphatic heterocycles. The van der Waals surface area contributed by atoms with Gasteiger partial charge in [-0.15, -0.1) is 0 Å². The summed E-state index contributed by atoms with van der Waals surface area (Å²) < 4.78 is 5.53. The van der Waals surface area contributed by atoms with Crippen molar-refractivity contribution in [1.82, 2.24) is 42.5 Å². The number of ketones is 3. The van der Waals surface area contributed by atoms with E-state index in [1.807, 2.05) is 13.8 Å². The number of rotatable bonds is 29. The van der Waals surface area contributed by atoms with Crippen LogP contribution in [0.5, 0.6) is 0 Å². The van der Waals surface area contributed by atoms with E-state index in [1.165, 1.54) is 13.8 Å². The number of carbonyl (C=O) groups is 11. The molecule has 26 heteroatoms. The van der Waals surface area contributed by atoms with E-state index in [-0.39, 0.29) is 122 Å². The predicted molar refractivity (Wildman–Crippen MR) is 325 cm³/mol. The summed E-state index contributed by atoms with van der Waals surface area (Å²) in [6, 6.07) is 0.229. The molecular weight excluding hydrogens is 1120 g/mol. The Morgan fingerprint density at radius 1 is 0.667 bits per heavy atom. The third kappa shape index (κ3) is 27.3. The molecule has 2 aliphatic rings. The summed E-state index contributed by atoms with van der Waals surface area (Å²) in [5.41, 5.74) is 24.5. The van der Waals surface area contributed by atoms with Crippen LogP contribution in [-0.2, 0) is 63.9 Å². The van der Waals surface area contributed by atoms with E-state index in [9.17, 15) is 63.0 Å². The lowest BCUT2D eigenvalue weighted by Crippen LogP contribution is -2.58. The smallest absolute Gasteiger partial charge is 0.306 e. The highest BCUT2D eigenvalue weighted by Gasteiger charge is 2.37. The largest absolute Gasteiger partial charge is 0.462 e. The minimum atomic E-state index is -1.54. The van der Waals surface area contributed by atoms with E-state index in [0.717, 1.165) is 32.1 Å². The van der Waals surface area contributed by atoms with E-state index in [1.54, 1.807) is 37.3 Å². The standard InChI is InChI=1S/C61H102N12O14/c1-6-13-44(68-53(79)18-19-54(80)87-42-16-11-8-12-17-42)52(78)34-43(37(4)74)57(82)69-45(21-26-63)50(76)32-40-24-29-66-61(86)55(38(5)75)73-56(81)41(20-25-62)33-51(77)46(22-27-64)70-59(84)48(30-36(2)3)71-60(85)49(31-39-14-9-7-10-15-39)72-58(83)47(23-28-65)67-35-40/h7,9-10,14-15,36-38,40-49,55,67,74-75H,6,8,11-13,16-35,62-65H2,1-5H3,(H,66,86)(H,68,79)(H,69,82)(H,70,84)(H,71,85)(H,72,83)(H,73,81)/t37?,38?,40-,41-,43+,44+,45+,46+,47+,48+,49-,55+/m1/s1. The Morgan fingerprint density at radius 3 is 1.89 bits per heavy atom. The second kappa shape index (κ2) is 40.3. The Labute approximate surface area is 512 Å². The number of Topliss-reactive ketones (excluding diaryl/α,β-unsaturated/α-hetero) is 3. The summed E-state index contributed by atoms with van der Waals surface area (Å²) in [4.78, 5) is 153. The fraction of sp³-hybridized carbons (Fsp3) is 0.721. The van der Waals surface area contributed by atoms with Gasteiger partial charge in [-0.05, 0) is 135 Å². The lowest BCUT2D eigenvalue weighted by atomic mass is 9.90. The highest BCUT2D eigenvalue weighted by Crippen LogP contribution is 2.22. The molecule has 26 nitrogen and oxygen atoms in total. The van der Waals surface area contributed by atoms with Crippen molar-refractivity contribution in [3.8, 4) is 0 Å². The van der Waals surface area contributed by atoms with Gasteiger partial charge < -0.3 is 80.4 Å². The zero-order valence-electron chi connectivity index (χ0n) is 51.8. The van der Waals surface area contributed by atoms with Crippen molar-refractivity contribution in [1.29, 1.82) is 0 Å². The number of amides is 7. The van der Waals surface area contributed by atoms with Gasteiger partial charge >= 0.3 is 5.97 Å². The zero-order valence-corrected chi connectivity index (χ0v) is 51.8. The maximum Gasteiger partial charge on any atom is 0.306 e. The van der Waals surface area contributed by atoms with Crippen molar-refractivity contribution in [3.05, 3.63) is 35.9 Å². The molecule has 0 bridgehead atoms.